The molecule has 134 valence electrons. The van der Waals surface area contributed by atoms with E-state index in [0.717, 1.165) is 18.4 Å². The lowest BCUT2D eigenvalue weighted by Gasteiger charge is -2.13. The highest BCUT2D eigenvalue weighted by molar-refractivity contribution is 5.94. The van der Waals surface area contributed by atoms with Crippen LogP contribution in [0.1, 0.15) is 48.7 Å². The van der Waals surface area contributed by atoms with E-state index < -0.39 is 0 Å². The SMILES string of the molecule is CCOc1ccc(C(C)=O)cc1Cn1cnc2c(cnn2C2CC2)c1=O. The van der Waals surface area contributed by atoms with Crippen molar-refractivity contribution in [2.75, 3.05) is 6.61 Å². The summed E-state index contributed by atoms with van der Waals surface area (Å²) in [6, 6.07) is 5.66. The number of Topliss-reactive ketones (excluding diaryl/α,β-unsaturated/α-hetero) is 1. The number of hydrogen-bond donors (Lipinski definition) is 0. The highest BCUT2D eigenvalue weighted by Crippen LogP contribution is 2.35. The largest absolute Gasteiger partial charge is 0.494 e. The fourth-order valence-corrected chi connectivity index (χ4v) is 3.07. The summed E-state index contributed by atoms with van der Waals surface area (Å²) in [6.07, 6.45) is 5.30. The van der Waals surface area contributed by atoms with Gasteiger partial charge in [-0.15, -0.1) is 0 Å². The molecule has 7 heteroatoms. The first kappa shape index (κ1) is 16.5. The molecular weight excluding hydrogens is 332 g/mol. The lowest BCUT2D eigenvalue weighted by atomic mass is 10.1. The fourth-order valence-electron chi connectivity index (χ4n) is 3.07. The summed E-state index contributed by atoms with van der Waals surface area (Å²) in [4.78, 5) is 29.0. The first-order valence-electron chi connectivity index (χ1n) is 8.77. The van der Waals surface area contributed by atoms with Crippen molar-refractivity contribution in [1.29, 1.82) is 0 Å². The van der Waals surface area contributed by atoms with Crippen molar-refractivity contribution in [3.8, 4) is 5.75 Å². The van der Waals surface area contributed by atoms with Crippen LogP contribution in [0.25, 0.3) is 11.0 Å². The topological polar surface area (TPSA) is 79.0 Å². The van der Waals surface area contributed by atoms with Crippen molar-refractivity contribution in [2.45, 2.75) is 39.3 Å². The van der Waals surface area contributed by atoms with E-state index in [2.05, 4.69) is 10.1 Å². The van der Waals surface area contributed by atoms with Crippen LogP contribution in [0.2, 0.25) is 0 Å². The van der Waals surface area contributed by atoms with Crippen LogP contribution in [0.5, 0.6) is 5.75 Å². The van der Waals surface area contributed by atoms with E-state index in [1.165, 1.54) is 11.5 Å². The summed E-state index contributed by atoms with van der Waals surface area (Å²) in [5.41, 5.74) is 1.86. The summed E-state index contributed by atoms with van der Waals surface area (Å²) in [7, 11) is 0. The molecule has 0 unspecified atom stereocenters. The number of benzene rings is 1. The summed E-state index contributed by atoms with van der Waals surface area (Å²) in [5, 5.41) is 4.84. The van der Waals surface area contributed by atoms with Crippen molar-refractivity contribution in [3.63, 3.8) is 0 Å². The van der Waals surface area contributed by atoms with Crippen LogP contribution in [0.3, 0.4) is 0 Å². The molecule has 0 atom stereocenters. The molecule has 0 bridgehead atoms. The molecule has 1 aliphatic rings. The molecule has 7 nitrogen and oxygen atoms in total. The Hall–Kier alpha value is -2.96. The highest BCUT2D eigenvalue weighted by Gasteiger charge is 2.27. The summed E-state index contributed by atoms with van der Waals surface area (Å²) < 4.78 is 9.02. The molecule has 0 radical (unpaired) electrons. The van der Waals surface area contributed by atoms with Crippen LogP contribution in [0, 0.1) is 0 Å². The monoisotopic (exact) mass is 352 g/mol. The molecule has 1 saturated carbocycles. The molecule has 0 aliphatic heterocycles. The number of ether oxygens (including phenoxy) is 1. The van der Waals surface area contributed by atoms with Gasteiger partial charge in [-0.25, -0.2) is 9.67 Å². The van der Waals surface area contributed by atoms with Crippen molar-refractivity contribution < 1.29 is 9.53 Å². The Kier molecular flexibility index (Phi) is 4.06. The van der Waals surface area contributed by atoms with Crippen LogP contribution < -0.4 is 10.3 Å². The predicted octanol–water partition coefficient (Wildman–Crippen LogP) is 2.58. The molecule has 0 spiro atoms. The first-order valence-corrected chi connectivity index (χ1v) is 8.77. The van der Waals surface area contributed by atoms with Gasteiger partial charge in [0.1, 0.15) is 17.5 Å². The van der Waals surface area contributed by atoms with Crippen LogP contribution in [-0.4, -0.2) is 31.7 Å². The van der Waals surface area contributed by atoms with Gasteiger partial charge in [0.15, 0.2) is 11.4 Å². The number of carbonyl (C=O) groups excluding carboxylic acids is 1. The van der Waals surface area contributed by atoms with Crippen LogP contribution in [0.15, 0.2) is 35.5 Å². The molecule has 4 rings (SSSR count). The van der Waals surface area contributed by atoms with Gasteiger partial charge < -0.3 is 4.74 Å². The van der Waals surface area contributed by atoms with Gasteiger partial charge in [-0.1, -0.05) is 0 Å². The van der Waals surface area contributed by atoms with Gasteiger partial charge in [0.05, 0.1) is 25.4 Å². The standard InChI is InChI=1S/C19H20N4O3/c1-3-26-17-7-4-13(12(2)24)8-14(17)10-22-11-20-18-16(19(22)25)9-21-23(18)15-5-6-15/h4,7-9,11,15H,3,5-6,10H2,1-2H3. The van der Waals surface area contributed by atoms with Gasteiger partial charge in [0.2, 0.25) is 0 Å². The van der Waals surface area contributed by atoms with Crippen LogP contribution in [-0.2, 0) is 6.54 Å². The molecule has 1 fully saturated rings. The Balaban J connectivity index is 1.74. The average Bonchev–Trinajstić information content (AvgIpc) is 3.38. The third kappa shape index (κ3) is 2.89. The third-order valence-corrected chi connectivity index (χ3v) is 4.58. The molecule has 0 saturated heterocycles. The summed E-state index contributed by atoms with van der Waals surface area (Å²) in [5.74, 6) is 0.638. The quantitative estimate of drug-likeness (QED) is 0.637. The second kappa shape index (κ2) is 6.40. The van der Waals surface area contributed by atoms with Crippen LogP contribution >= 0.6 is 0 Å². The van der Waals surface area contributed by atoms with Gasteiger partial charge in [-0.3, -0.25) is 14.2 Å². The van der Waals surface area contributed by atoms with Crippen molar-refractivity contribution in [2.24, 2.45) is 0 Å². The number of carbonyl (C=O) groups is 1. The Morgan fingerprint density at radius 1 is 1.35 bits per heavy atom. The van der Waals surface area contributed by atoms with E-state index in [-0.39, 0.29) is 17.9 Å². The predicted molar refractivity (Wildman–Crippen MR) is 96.8 cm³/mol. The number of fused-ring (bicyclic) bond motifs is 1. The maximum absolute atomic E-state index is 12.8. The minimum Gasteiger partial charge on any atom is -0.494 e. The fraction of sp³-hybridized carbons (Fsp3) is 0.368. The van der Waals surface area contributed by atoms with E-state index in [4.69, 9.17) is 4.74 Å². The Morgan fingerprint density at radius 2 is 2.15 bits per heavy atom. The molecule has 0 amide bonds. The first-order chi connectivity index (χ1) is 12.6. The Labute approximate surface area is 150 Å². The molecule has 26 heavy (non-hydrogen) atoms. The molecule has 0 N–H and O–H groups in total. The molecule has 2 heterocycles. The van der Waals surface area contributed by atoms with Gasteiger partial charge >= 0.3 is 0 Å². The van der Waals surface area contributed by atoms with Crippen molar-refractivity contribution in [1.82, 2.24) is 19.3 Å². The zero-order chi connectivity index (χ0) is 18.3. The van der Waals surface area contributed by atoms with E-state index >= 15 is 0 Å². The molecule has 1 aliphatic carbocycles. The van der Waals surface area contributed by atoms with Gasteiger partial charge in [-0.2, -0.15) is 5.10 Å². The molecule has 2 aromatic heterocycles. The van der Waals surface area contributed by atoms with Crippen molar-refractivity contribution >= 4 is 16.8 Å². The summed E-state index contributed by atoms with van der Waals surface area (Å²) >= 11 is 0. The Morgan fingerprint density at radius 3 is 2.85 bits per heavy atom. The van der Waals surface area contributed by atoms with Crippen LogP contribution in [0.4, 0.5) is 0 Å². The van der Waals surface area contributed by atoms with Gasteiger partial charge in [0, 0.05) is 11.1 Å². The lowest BCUT2D eigenvalue weighted by Crippen LogP contribution is -2.21. The molecular formula is C19H20N4O3. The van der Waals surface area contributed by atoms with E-state index in [9.17, 15) is 9.59 Å². The van der Waals surface area contributed by atoms with E-state index in [1.54, 1.807) is 30.7 Å². The minimum absolute atomic E-state index is 0.0269. The number of nitrogens with zero attached hydrogens (tertiary/aromatic N) is 4. The maximum atomic E-state index is 12.8. The van der Waals surface area contributed by atoms with E-state index in [0.29, 0.717) is 35.0 Å². The number of ketones is 1. The second-order valence-electron chi connectivity index (χ2n) is 6.55. The Bertz CT molecular complexity index is 1050. The molecule has 1 aromatic carbocycles. The third-order valence-electron chi connectivity index (χ3n) is 4.58. The number of hydrogen-bond acceptors (Lipinski definition) is 5. The zero-order valence-electron chi connectivity index (χ0n) is 14.8. The summed E-state index contributed by atoms with van der Waals surface area (Å²) in [6.45, 7) is 4.21. The van der Waals surface area contributed by atoms with Gasteiger partial charge in [-0.05, 0) is 44.9 Å². The van der Waals surface area contributed by atoms with Crippen molar-refractivity contribution in [3.05, 3.63) is 52.2 Å². The normalized spacial score (nSPS) is 13.9. The lowest BCUT2D eigenvalue weighted by molar-refractivity contribution is 0.101. The second-order valence-corrected chi connectivity index (χ2v) is 6.55. The minimum atomic E-state index is -0.141. The zero-order valence-corrected chi connectivity index (χ0v) is 14.8. The maximum Gasteiger partial charge on any atom is 0.264 e. The number of aromatic nitrogens is 4. The molecule has 3 aromatic rings. The highest BCUT2D eigenvalue weighted by atomic mass is 16.5. The van der Waals surface area contributed by atoms with Gasteiger partial charge in [0.25, 0.3) is 5.56 Å². The average molecular weight is 352 g/mol. The smallest absolute Gasteiger partial charge is 0.264 e. The number of rotatable bonds is 6. The van der Waals surface area contributed by atoms with E-state index in [1.807, 2.05) is 11.6 Å².